The van der Waals surface area contributed by atoms with Gasteiger partial charge in [0.1, 0.15) is 5.82 Å². The zero-order chi connectivity index (χ0) is 13.7. The number of aliphatic hydroxyl groups excluding tert-OH is 1. The molecule has 19 heavy (non-hydrogen) atoms. The Morgan fingerprint density at radius 3 is 2.58 bits per heavy atom. The standard InChI is InChI=1S/C14H18N4O/c1-14(10-19,11-6-4-3-5-7-11)18-12-8-9-16-13(15-2)17-12/h3-9,19H,10H2,1-2H3,(H2,15,16,17,18). The summed E-state index contributed by atoms with van der Waals surface area (Å²) in [6.07, 6.45) is 1.67. The molecule has 0 aliphatic rings. The summed E-state index contributed by atoms with van der Waals surface area (Å²) in [7, 11) is 1.77. The minimum Gasteiger partial charge on any atom is -0.394 e. The van der Waals surface area contributed by atoms with Gasteiger partial charge in [-0.2, -0.15) is 4.98 Å². The fourth-order valence-corrected chi connectivity index (χ4v) is 1.84. The van der Waals surface area contributed by atoms with Gasteiger partial charge in [0, 0.05) is 13.2 Å². The van der Waals surface area contributed by atoms with Crippen LogP contribution in [0.4, 0.5) is 11.8 Å². The molecule has 0 saturated heterocycles. The number of hydrogen-bond acceptors (Lipinski definition) is 5. The van der Waals surface area contributed by atoms with Crippen LogP contribution in [0, 0.1) is 0 Å². The first-order chi connectivity index (χ1) is 9.18. The molecule has 2 rings (SSSR count). The predicted octanol–water partition coefficient (Wildman–Crippen LogP) is 1.84. The molecule has 1 aromatic heterocycles. The molecule has 2 aromatic rings. The van der Waals surface area contributed by atoms with Crippen molar-refractivity contribution in [3.8, 4) is 0 Å². The van der Waals surface area contributed by atoms with Gasteiger partial charge in [0.15, 0.2) is 0 Å². The lowest BCUT2D eigenvalue weighted by Crippen LogP contribution is -2.36. The molecule has 100 valence electrons. The van der Waals surface area contributed by atoms with Crippen molar-refractivity contribution in [3.05, 3.63) is 48.2 Å². The van der Waals surface area contributed by atoms with Crippen LogP contribution >= 0.6 is 0 Å². The lowest BCUT2D eigenvalue weighted by Gasteiger charge is -2.30. The van der Waals surface area contributed by atoms with E-state index in [2.05, 4.69) is 20.6 Å². The fraction of sp³-hybridized carbons (Fsp3) is 0.286. The zero-order valence-electron chi connectivity index (χ0n) is 11.1. The molecule has 0 amide bonds. The number of nitrogens with zero attached hydrogens (tertiary/aromatic N) is 2. The molecule has 5 nitrogen and oxygen atoms in total. The maximum atomic E-state index is 9.71. The van der Waals surface area contributed by atoms with Crippen molar-refractivity contribution in [1.82, 2.24) is 9.97 Å². The molecular weight excluding hydrogens is 240 g/mol. The van der Waals surface area contributed by atoms with Crippen molar-refractivity contribution < 1.29 is 5.11 Å². The second kappa shape index (κ2) is 5.67. The Bertz CT molecular complexity index is 532. The van der Waals surface area contributed by atoms with Gasteiger partial charge in [-0.25, -0.2) is 4.98 Å². The zero-order valence-corrected chi connectivity index (χ0v) is 11.1. The molecule has 1 heterocycles. The molecule has 0 spiro atoms. The van der Waals surface area contributed by atoms with E-state index in [9.17, 15) is 5.11 Å². The van der Waals surface area contributed by atoms with E-state index >= 15 is 0 Å². The molecule has 1 atom stereocenters. The van der Waals surface area contributed by atoms with Gasteiger partial charge < -0.3 is 15.7 Å². The average molecular weight is 258 g/mol. The lowest BCUT2D eigenvalue weighted by molar-refractivity contribution is 0.223. The third-order valence-corrected chi connectivity index (χ3v) is 3.01. The van der Waals surface area contributed by atoms with Crippen molar-refractivity contribution in [1.29, 1.82) is 0 Å². The quantitative estimate of drug-likeness (QED) is 0.763. The monoisotopic (exact) mass is 258 g/mol. The Morgan fingerprint density at radius 2 is 1.95 bits per heavy atom. The maximum Gasteiger partial charge on any atom is 0.224 e. The third-order valence-electron chi connectivity index (χ3n) is 3.01. The normalized spacial score (nSPS) is 13.6. The predicted molar refractivity (Wildman–Crippen MR) is 76.1 cm³/mol. The van der Waals surface area contributed by atoms with Gasteiger partial charge in [0.05, 0.1) is 12.1 Å². The molecule has 0 aliphatic carbocycles. The van der Waals surface area contributed by atoms with E-state index in [0.717, 1.165) is 5.56 Å². The Hall–Kier alpha value is -2.14. The van der Waals surface area contributed by atoms with Crippen LogP contribution in [0.1, 0.15) is 12.5 Å². The summed E-state index contributed by atoms with van der Waals surface area (Å²) in [4.78, 5) is 8.37. The van der Waals surface area contributed by atoms with Crippen LogP contribution in [0.25, 0.3) is 0 Å². The van der Waals surface area contributed by atoms with Crippen LogP contribution in [-0.4, -0.2) is 28.7 Å². The first-order valence-electron chi connectivity index (χ1n) is 6.13. The molecule has 5 heteroatoms. The Morgan fingerprint density at radius 1 is 1.21 bits per heavy atom. The Labute approximate surface area is 112 Å². The summed E-state index contributed by atoms with van der Waals surface area (Å²) in [5, 5.41) is 15.8. The molecule has 3 N–H and O–H groups in total. The molecule has 0 radical (unpaired) electrons. The number of nitrogens with one attached hydrogen (secondary N) is 2. The summed E-state index contributed by atoms with van der Waals surface area (Å²) in [5.74, 6) is 1.21. The van der Waals surface area contributed by atoms with Crippen LogP contribution < -0.4 is 10.6 Å². The highest BCUT2D eigenvalue weighted by Crippen LogP contribution is 2.24. The number of hydrogen-bond donors (Lipinski definition) is 3. The van der Waals surface area contributed by atoms with E-state index in [1.54, 1.807) is 19.3 Å². The van der Waals surface area contributed by atoms with Crippen molar-refractivity contribution in [3.63, 3.8) is 0 Å². The number of rotatable bonds is 5. The van der Waals surface area contributed by atoms with Gasteiger partial charge in [0.2, 0.25) is 5.95 Å². The molecule has 0 fully saturated rings. The average Bonchev–Trinajstić information content (AvgIpc) is 2.48. The van der Waals surface area contributed by atoms with E-state index in [1.165, 1.54) is 0 Å². The van der Waals surface area contributed by atoms with Crippen LogP contribution in [0.5, 0.6) is 0 Å². The smallest absolute Gasteiger partial charge is 0.224 e. The summed E-state index contributed by atoms with van der Waals surface area (Å²) in [6.45, 7) is 1.90. The topological polar surface area (TPSA) is 70.1 Å². The Kier molecular flexibility index (Phi) is 3.97. The van der Waals surface area contributed by atoms with E-state index < -0.39 is 5.54 Å². The van der Waals surface area contributed by atoms with E-state index in [4.69, 9.17) is 0 Å². The number of aromatic nitrogens is 2. The van der Waals surface area contributed by atoms with Gasteiger partial charge in [-0.05, 0) is 18.6 Å². The van der Waals surface area contributed by atoms with Crippen LogP contribution in [0.15, 0.2) is 42.6 Å². The second-order valence-electron chi connectivity index (χ2n) is 4.50. The van der Waals surface area contributed by atoms with Crippen molar-refractivity contribution in [2.24, 2.45) is 0 Å². The van der Waals surface area contributed by atoms with Crippen LogP contribution in [0.3, 0.4) is 0 Å². The molecule has 1 unspecified atom stereocenters. The molecule has 0 saturated carbocycles. The molecular formula is C14H18N4O. The van der Waals surface area contributed by atoms with E-state index in [-0.39, 0.29) is 6.61 Å². The van der Waals surface area contributed by atoms with Crippen LogP contribution in [-0.2, 0) is 5.54 Å². The van der Waals surface area contributed by atoms with Crippen molar-refractivity contribution in [2.75, 3.05) is 24.3 Å². The van der Waals surface area contributed by atoms with Gasteiger partial charge in [-0.15, -0.1) is 0 Å². The van der Waals surface area contributed by atoms with Gasteiger partial charge >= 0.3 is 0 Å². The lowest BCUT2D eigenvalue weighted by atomic mass is 9.93. The number of aliphatic hydroxyl groups is 1. The Balaban J connectivity index is 2.27. The number of anilines is 2. The summed E-state index contributed by atoms with van der Waals surface area (Å²) in [5.41, 5.74) is 0.419. The minimum atomic E-state index is -0.583. The summed E-state index contributed by atoms with van der Waals surface area (Å²) in [6, 6.07) is 11.6. The van der Waals surface area contributed by atoms with Gasteiger partial charge in [0.25, 0.3) is 0 Å². The highest BCUT2D eigenvalue weighted by atomic mass is 16.3. The SMILES string of the molecule is CNc1nccc(NC(C)(CO)c2ccccc2)n1. The molecule has 1 aromatic carbocycles. The first-order valence-corrected chi connectivity index (χ1v) is 6.13. The maximum absolute atomic E-state index is 9.71. The highest BCUT2D eigenvalue weighted by Gasteiger charge is 2.25. The largest absolute Gasteiger partial charge is 0.394 e. The third kappa shape index (κ3) is 3.00. The minimum absolute atomic E-state index is 0.0318. The molecule has 0 bridgehead atoms. The van der Waals surface area contributed by atoms with E-state index in [0.29, 0.717) is 11.8 Å². The van der Waals surface area contributed by atoms with Crippen molar-refractivity contribution in [2.45, 2.75) is 12.5 Å². The molecule has 0 aliphatic heterocycles. The summed E-state index contributed by atoms with van der Waals surface area (Å²) < 4.78 is 0. The van der Waals surface area contributed by atoms with Gasteiger partial charge in [-0.1, -0.05) is 30.3 Å². The van der Waals surface area contributed by atoms with Gasteiger partial charge in [-0.3, -0.25) is 0 Å². The van der Waals surface area contributed by atoms with Crippen LogP contribution in [0.2, 0.25) is 0 Å². The first kappa shape index (κ1) is 13.3. The fourth-order valence-electron chi connectivity index (χ4n) is 1.84. The number of benzene rings is 1. The van der Waals surface area contributed by atoms with Crippen molar-refractivity contribution >= 4 is 11.8 Å². The second-order valence-corrected chi connectivity index (χ2v) is 4.50. The highest BCUT2D eigenvalue weighted by molar-refractivity contribution is 5.44. The van der Waals surface area contributed by atoms with E-state index in [1.807, 2.05) is 37.3 Å². The summed E-state index contributed by atoms with van der Waals surface area (Å²) >= 11 is 0.